The lowest BCUT2D eigenvalue weighted by Gasteiger charge is -2.15. The van der Waals surface area contributed by atoms with Gasteiger partial charge in [0.05, 0.1) is 0 Å². The van der Waals surface area contributed by atoms with E-state index in [4.69, 9.17) is 9.47 Å². The third-order valence-corrected chi connectivity index (χ3v) is 4.47. The predicted molar refractivity (Wildman–Crippen MR) is 108 cm³/mol. The molecule has 0 spiro atoms. The van der Waals surface area contributed by atoms with Gasteiger partial charge in [0.15, 0.2) is 0 Å². The standard InChI is InChI=1S/C23H29NO4/c1-24-21(23(26)28-18-20-13-7-3-8-14-20)15-9-4-10-16-22(25)27-17-19-11-5-2-6-12-19/h2-3,5-8,11-14,21,24H,4,9-10,15-18H2,1H3. The summed E-state index contributed by atoms with van der Waals surface area (Å²) in [6.07, 6.45) is 3.55. The Labute approximate surface area is 167 Å². The van der Waals surface area contributed by atoms with Crippen molar-refractivity contribution < 1.29 is 19.1 Å². The summed E-state index contributed by atoms with van der Waals surface area (Å²) in [4.78, 5) is 24.0. The molecule has 0 aliphatic rings. The molecule has 28 heavy (non-hydrogen) atoms. The summed E-state index contributed by atoms with van der Waals surface area (Å²) in [5.41, 5.74) is 1.96. The first-order valence-electron chi connectivity index (χ1n) is 9.76. The third-order valence-electron chi connectivity index (χ3n) is 4.47. The van der Waals surface area contributed by atoms with E-state index in [1.54, 1.807) is 7.05 Å². The Morgan fingerprint density at radius 1 is 0.821 bits per heavy atom. The van der Waals surface area contributed by atoms with E-state index in [2.05, 4.69) is 5.32 Å². The normalized spacial score (nSPS) is 11.6. The highest BCUT2D eigenvalue weighted by molar-refractivity contribution is 5.75. The van der Waals surface area contributed by atoms with Crippen LogP contribution in [-0.4, -0.2) is 25.0 Å². The highest BCUT2D eigenvalue weighted by Gasteiger charge is 2.17. The van der Waals surface area contributed by atoms with E-state index in [1.165, 1.54) is 0 Å². The fraction of sp³-hybridized carbons (Fsp3) is 0.391. The quantitative estimate of drug-likeness (QED) is 0.443. The predicted octanol–water partition coefficient (Wildman–Crippen LogP) is 4.01. The monoisotopic (exact) mass is 383 g/mol. The van der Waals surface area contributed by atoms with E-state index in [0.29, 0.717) is 19.4 Å². The maximum atomic E-state index is 12.2. The third kappa shape index (κ3) is 8.35. The molecule has 150 valence electrons. The fourth-order valence-electron chi connectivity index (χ4n) is 2.81. The average Bonchev–Trinajstić information content (AvgIpc) is 2.74. The summed E-state index contributed by atoms with van der Waals surface area (Å²) >= 11 is 0. The number of rotatable bonds is 12. The minimum atomic E-state index is -0.325. The molecule has 0 aliphatic carbocycles. The first-order valence-corrected chi connectivity index (χ1v) is 9.76. The fourth-order valence-corrected chi connectivity index (χ4v) is 2.81. The Morgan fingerprint density at radius 2 is 1.39 bits per heavy atom. The number of nitrogens with one attached hydrogen (secondary N) is 1. The molecular formula is C23H29NO4. The molecule has 0 bridgehead atoms. The van der Waals surface area contributed by atoms with Crippen molar-refractivity contribution >= 4 is 11.9 Å². The van der Waals surface area contributed by atoms with Crippen molar-refractivity contribution in [3.8, 4) is 0 Å². The second-order valence-electron chi connectivity index (χ2n) is 6.68. The van der Waals surface area contributed by atoms with Gasteiger partial charge >= 0.3 is 11.9 Å². The molecule has 0 saturated carbocycles. The molecule has 0 amide bonds. The second-order valence-corrected chi connectivity index (χ2v) is 6.68. The summed E-state index contributed by atoms with van der Waals surface area (Å²) in [6.45, 7) is 0.597. The van der Waals surface area contributed by atoms with Crippen molar-refractivity contribution in [1.82, 2.24) is 5.32 Å². The van der Waals surface area contributed by atoms with Gasteiger partial charge in [0.1, 0.15) is 19.3 Å². The number of carbonyl (C=O) groups excluding carboxylic acids is 2. The number of likely N-dealkylation sites (N-methyl/N-ethyl adjacent to an activating group) is 1. The maximum Gasteiger partial charge on any atom is 0.323 e. The number of benzene rings is 2. The van der Waals surface area contributed by atoms with E-state index >= 15 is 0 Å². The summed E-state index contributed by atoms with van der Waals surface area (Å²) in [6, 6.07) is 18.9. The SMILES string of the molecule is CNC(CCCCCC(=O)OCc1ccccc1)C(=O)OCc1ccccc1. The van der Waals surface area contributed by atoms with Gasteiger partial charge in [-0.1, -0.05) is 73.5 Å². The van der Waals surface area contributed by atoms with Crippen LogP contribution >= 0.6 is 0 Å². The molecule has 5 heteroatoms. The molecule has 0 heterocycles. The molecule has 2 rings (SSSR count). The van der Waals surface area contributed by atoms with Crippen LogP contribution in [0.4, 0.5) is 0 Å². The first-order chi connectivity index (χ1) is 13.7. The number of unbranched alkanes of at least 4 members (excludes halogenated alkanes) is 2. The van der Waals surface area contributed by atoms with Crippen LogP contribution in [-0.2, 0) is 32.3 Å². The molecule has 0 saturated heterocycles. The molecule has 0 aromatic heterocycles. The number of ether oxygens (including phenoxy) is 2. The van der Waals surface area contributed by atoms with E-state index < -0.39 is 0 Å². The topological polar surface area (TPSA) is 64.6 Å². The van der Waals surface area contributed by atoms with Gasteiger partial charge in [-0.05, 0) is 31.0 Å². The van der Waals surface area contributed by atoms with E-state index in [-0.39, 0.29) is 24.6 Å². The zero-order chi connectivity index (χ0) is 20.0. The van der Waals surface area contributed by atoms with Crippen molar-refractivity contribution in [2.45, 2.75) is 51.4 Å². The van der Waals surface area contributed by atoms with Crippen LogP contribution in [0.15, 0.2) is 60.7 Å². The zero-order valence-electron chi connectivity index (χ0n) is 16.4. The minimum Gasteiger partial charge on any atom is -0.461 e. The van der Waals surface area contributed by atoms with Gasteiger partial charge in [-0.2, -0.15) is 0 Å². The van der Waals surface area contributed by atoms with Gasteiger partial charge in [0.2, 0.25) is 0 Å². The first kappa shape index (κ1) is 21.6. The summed E-state index contributed by atoms with van der Waals surface area (Å²) in [5, 5.41) is 3.01. The van der Waals surface area contributed by atoms with Crippen molar-refractivity contribution in [2.75, 3.05) is 7.05 Å². The van der Waals surface area contributed by atoms with Crippen LogP contribution in [0.5, 0.6) is 0 Å². The Bertz CT molecular complexity index is 703. The van der Waals surface area contributed by atoms with Crippen LogP contribution in [0.2, 0.25) is 0 Å². The molecule has 1 N–H and O–H groups in total. The number of hydrogen-bond donors (Lipinski definition) is 1. The highest BCUT2D eigenvalue weighted by Crippen LogP contribution is 2.10. The summed E-state index contributed by atoms with van der Waals surface area (Å²) in [7, 11) is 1.76. The van der Waals surface area contributed by atoms with Gasteiger partial charge in [-0.25, -0.2) is 0 Å². The van der Waals surface area contributed by atoms with E-state index in [9.17, 15) is 9.59 Å². The maximum absolute atomic E-state index is 12.2. The molecule has 1 atom stereocenters. The van der Waals surface area contributed by atoms with Crippen molar-refractivity contribution in [1.29, 1.82) is 0 Å². The Morgan fingerprint density at radius 3 is 1.96 bits per heavy atom. The smallest absolute Gasteiger partial charge is 0.323 e. The summed E-state index contributed by atoms with van der Waals surface area (Å²) in [5.74, 6) is -0.426. The van der Waals surface area contributed by atoms with Gasteiger partial charge in [-0.3, -0.25) is 9.59 Å². The highest BCUT2D eigenvalue weighted by atomic mass is 16.5. The van der Waals surface area contributed by atoms with Crippen LogP contribution in [0, 0.1) is 0 Å². The molecule has 0 radical (unpaired) electrons. The lowest BCUT2D eigenvalue weighted by Crippen LogP contribution is -2.35. The average molecular weight is 383 g/mol. The molecule has 0 fully saturated rings. The number of hydrogen-bond acceptors (Lipinski definition) is 5. The molecule has 5 nitrogen and oxygen atoms in total. The largest absolute Gasteiger partial charge is 0.461 e. The minimum absolute atomic E-state index is 0.184. The lowest BCUT2D eigenvalue weighted by atomic mass is 10.1. The molecule has 2 aromatic carbocycles. The molecular weight excluding hydrogens is 354 g/mol. The van der Waals surface area contributed by atoms with E-state index in [0.717, 1.165) is 30.4 Å². The Balaban J connectivity index is 1.56. The van der Waals surface area contributed by atoms with Crippen molar-refractivity contribution in [3.05, 3.63) is 71.8 Å². The Kier molecular flexibility index (Phi) is 9.80. The van der Waals surface area contributed by atoms with Crippen LogP contribution < -0.4 is 5.32 Å². The molecule has 0 aliphatic heterocycles. The summed E-state index contributed by atoms with van der Waals surface area (Å²) < 4.78 is 10.6. The van der Waals surface area contributed by atoms with Crippen LogP contribution in [0.25, 0.3) is 0 Å². The van der Waals surface area contributed by atoms with Gasteiger partial charge in [0.25, 0.3) is 0 Å². The lowest BCUT2D eigenvalue weighted by molar-refractivity contribution is -0.148. The van der Waals surface area contributed by atoms with Gasteiger partial charge in [0, 0.05) is 6.42 Å². The zero-order valence-corrected chi connectivity index (χ0v) is 16.4. The van der Waals surface area contributed by atoms with Crippen molar-refractivity contribution in [2.24, 2.45) is 0 Å². The Hall–Kier alpha value is -2.66. The number of carbonyl (C=O) groups is 2. The van der Waals surface area contributed by atoms with Gasteiger partial charge in [-0.15, -0.1) is 0 Å². The molecule has 1 unspecified atom stereocenters. The van der Waals surface area contributed by atoms with Crippen LogP contribution in [0.3, 0.4) is 0 Å². The van der Waals surface area contributed by atoms with Gasteiger partial charge < -0.3 is 14.8 Å². The second kappa shape index (κ2) is 12.7. The molecule has 2 aromatic rings. The van der Waals surface area contributed by atoms with E-state index in [1.807, 2.05) is 60.7 Å². The number of esters is 2. The van der Waals surface area contributed by atoms with Crippen molar-refractivity contribution in [3.63, 3.8) is 0 Å². The van der Waals surface area contributed by atoms with Crippen LogP contribution in [0.1, 0.15) is 43.2 Å².